The number of phosphoric acid groups is 1. The van der Waals surface area contributed by atoms with Crippen LogP contribution >= 0.6 is 7.82 Å². The summed E-state index contributed by atoms with van der Waals surface area (Å²) in [6.07, 6.45) is 2.48. The van der Waals surface area contributed by atoms with Gasteiger partial charge in [0, 0.05) is 6.42 Å². The second-order valence-corrected chi connectivity index (χ2v) is 3.57. The van der Waals surface area contributed by atoms with Crippen LogP contribution in [-0.2, 0) is 13.9 Å². The van der Waals surface area contributed by atoms with Crippen LogP contribution in [0, 0.1) is 0 Å². The molecule has 5 nitrogen and oxygen atoms in total. The molecule has 0 aromatic heterocycles. The molecule has 0 amide bonds. The van der Waals surface area contributed by atoms with Gasteiger partial charge in [0.2, 0.25) is 0 Å². The first-order chi connectivity index (χ1) is 5.45. The van der Waals surface area contributed by atoms with E-state index in [0.717, 1.165) is 12.8 Å². The maximum absolute atomic E-state index is 10.6. The summed E-state index contributed by atoms with van der Waals surface area (Å²) in [6.45, 7) is 1.97. The standard InChI is InChI=1S/C6H13O5P.K.H/c1-2-3-4-5-6(7)11-12(8,9)10;;/h2-5H2,1H3,(H2,8,9,10);;. The molecule has 7 heteroatoms. The van der Waals surface area contributed by atoms with Gasteiger partial charge in [-0.25, -0.2) is 4.57 Å². The minimum atomic E-state index is -4.62. The SMILES string of the molecule is CCCCCC(=O)OP(=O)(O)O.[KH]. The molecule has 0 unspecified atom stereocenters. The van der Waals surface area contributed by atoms with E-state index in [1.165, 1.54) is 0 Å². The summed E-state index contributed by atoms with van der Waals surface area (Å²) in [7, 11) is -4.62. The van der Waals surface area contributed by atoms with E-state index >= 15 is 0 Å². The molecule has 0 heterocycles. The van der Waals surface area contributed by atoms with Crippen LogP contribution in [0.25, 0.3) is 0 Å². The van der Waals surface area contributed by atoms with Gasteiger partial charge in [0.15, 0.2) is 0 Å². The summed E-state index contributed by atoms with van der Waals surface area (Å²) in [4.78, 5) is 27.0. The molecule has 0 aliphatic rings. The Kier molecular flexibility index (Phi) is 11.0. The summed E-state index contributed by atoms with van der Waals surface area (Å²) < 4.78 is 13.9. The molecule has 0 aromatic carbocycles. The summed E-state index contributed by atoms with van der Waals surface area (Å²) in [6, 6.07) is 0. The van der Waals surface area contributed by atoms with E-state index < -0.39 is 13.8 Å². The van der Waals surface area contributed by atoms with Gasteiger partial charge < -0.3 is 4.52 Å². The van der Waals surface area contributed by atoms with Gasteiger partial charge in [-0.3, -0.25) is 14.6 Å². The van der Waals surface area contributed by atoms with E-state index in [1.54, 1.807) is 0 Å². The fourth-order valence-corrected chi connectivity index (χ4v) is 1.05. The minimum absolute atomic E-state index is 0. The number of phosphoric ester groups is 1. The number of rotatable bonds is 5. The van der Waals surface area contributed by atoms with Crippen molar-refractivity contribution < 1.29 is 23.7 Å². The van der Waals surface area contributed by atoms with Crippen LogP contribution < -0.4 is 0 Å². The van der Waals surface area contributed by atoms with Gasteiger partial charge >= 0.3 is 65.2 Å². The number of carbonyl (C=O) groups excluding carboxylic acids is 1. The topological polar surface area (TPSA) is 83.8 Å². The van der Waals surface area contributed by atoms with Crippen molar-refractivity contribution in [1.29, 1.82) is 0 Å². The van der Waals surface area contributed by atoms with Crippen LogP contribution in [0.4, 0.5) is 0 Å². The summed E-state index contributed by atoms with van der Waals surface area (Å²) in [5.74, 6) is -0.836. The van der Waals surface area contributed by atoms with E-state index in [0.29, 0.717) is 6.42 Å². The molecule has 0 saturated carbocycles. The van der Waals surface area contributed by atoms with E-state index in [-0.39, 0.29) is 57.8 Å². The zero-order valence-electron chi connectivity index (χ0n) is 6.89. The predicted octanol–water partition coefficient (Wildman–Crippen LogP) is 0.554. The van der Waals surface area contributed by atoms with Crippen molar-refractivity contribution in [1.82, 2.24) is 0 Å². The monoisotopic (exact) mass is 236 g/mol. The molecular weight excluding hydrogens is 222 g/mol. The Morgan fingerprint density at radius 1 is 1.38 bits per heavy atom. The summed E-state index contributed by atoms with van der Waals surface area (Å²) >= 11 is 0. The Morgan fingerprint density at radius 2 is 1.92 bits per heavy atom. The molecule has 0 saturated heterocycles. The molecule has 0 atom stereocenters. The second kappa shape index (κ2) is 8.56. The van der Waals surface area contributed by atoms with Crippen LogP contribution in [0.5, 0.6) is 0 Å². The molecule has 74 valence electrons. The van der Waals surface area contributed by atoms with Crippen molar-refractivity contribution >= 4 is 65.2 Å². The molecular formula is C6H14KO5P. The van der Waals surface area contributed by atoms with Gasteiger partial charge in [-0.2, -0.15) is 0 Å². The van der Waals surface area contributed by atoms with E-state index in [2.05, 4.69) is 4.52 Å². The quantitative estimate of drug-likeness (QED) is 0.414. The zero-order valence-corrected chi connectivity index (χ0v) is 7.79. The van der Waals surface area contributed by atoms with Crippen LogP contribution in [0.15, 0.2) is 0 Å². The van der Waals surface area contributed by atoms with Crippen LogP contribution in [-0.4, -0.2) is 67.1 Å². The number of hydrogen-bond acceptors (Lipinski definition) is 3. The number of hydrogen-bond donors (Lipinski definition) is 2. The first-order valence-electron chi connectivity index (χ1n) is 3.73. The van der Waals surface area contributed by atoms with Crippen LogP contribution in [0.1, 0.15) is 32.6 Å². The third-order valence-electron chi connectivity index (χ3n) is 1.21. The molecule has 0 aliphatic heterocycles. The van der Waals surface area contributed by atoms with E-state index in [9.17, 15) is 9.36 Å². The van der Waals surface area contributed by atoms with Gasteiger partial charge in [-0.05, 0) is 6.42 Å². The van der Waals surface area contributed by atoms with Crippen molar-refractivity contribution in [2.45, 2.75) is 32.6 Å². The van der Waals surface area contributed by atoms with Crippen molar-refractivity contribution in [2.24, 2.45) is 0 Å². The molecule has 0 aromatic rings. The first-order valence-corrected chi connectivity index (χ1v) is 5.26. The maximum atomic E-state index is 10.6. The Morgan fingerprint density at radius 3 is 2.31 bits per heavy atom. The van der Waals surface area contributed by atoms with Gasteiger partial charge in [-0.15, -0.1) is 0 Å². The molecule has 0 fully saturated rings. The Labute approximate surface area is 120 Å². The third-order valence-corrected chi connectivity index (χ3v) is 1.65. The normalized spacial score (nSPS) is 10.4. The van der Waals surface area contributed by atoms with Gasteiger partial charge in [0.05, 0.1) is 0 Å². The molecule has 0 rings (SSSR count). The molecule has 2 N–H and O–H groups in total. The van der Waals surface area contributed by atoms with E-state index in [4.69, 9.17) is 9.79 Å². The van der Waals surface area contributed by atoms with Crippen LogP contribution in [0.2, 0.25) is 0 Å². The predicted molar refractivity (Wildman–Crippen MR) is 49.4 cm³/mol. The van der Waals surface area contributed by atoms with Crippen molar-refractivity contribution in [3.8, 4) is 0 Å². The number of carbonyl (C=O) groups is 1. The third kappa shape index (κ3) is 13.3. The zero-order chi connectivity index (χ0) is 9.61. The summed E-state index contributed by atoms with van der Waals surface area (Å²) in [5, 5.41) is 0. The molecule has 0 radical (unpaired) electrons. The van der Waals surface area contributed by atoms with Crippen molar-refractivity contribution in [2.75, 3.05) is 0 Å². The first kappa shape index (κ1) is 16.7. The number of unbranched alkanes of at least 4 members (excludes halogenated alkanes) is 2. The van der Waals surface area contributed by atoms with Crippen LogP contribution in [0.3, 0.4) is 0 Å². The van der Waals surface area contributed by atoms with Crippen molar-refractivity contribution in [3.63, 3.8) is 0 Å². The van der Waals surface area contributed by atoms with Gasteiger partial charge in [-0.1, -0.05) is 19.8 Å². The molecule has 0 spiro atoms. The second-order valence-electron chi connectivity index (χ2n) is 2.41. The molecule has 0 aliphatic carbocycles. The fraction of sp³-hybridized carbons (Fsp3) is 0.833. The average Bonchev–Trinajstić information content (AvgIpc) is 1.84. The van der Waals surface area contributed by atoms with Gasteiger partial charge in [0.25, 0.3) is 0 Å². The summed E-state index contributed by atoms with van der Waals surface area (Å²) in [5.41, 5.74) is 0. The van der Waals surface area contributed by atoms with E-state index in [1.807, 2.05) is 6.92 Å². The van der Waals surface area contributed by atoms with Gasteiger partial charge in [0.1, 0.15) is 0 Å². The Bertz CT molecular complexity index is 189. The fourth-order valence-electron chi connectivity index (χ4n) is 0.698. The van der Waals surface area contributed by atoms with Crippen molar-refractivity contribution in [3.05, 3.63) is 0 Å². The molecule has 0 bridgehead atoms. The Balaban J connectivity index is 0. The Hall–Kier alpha value is 1.26. The average molecular weight is 236 g/mol. The molecule has 13 heavy (non-hydrogen) atoms.